The predicted molar refractivity (Wildman–Crippen MR) is 87.8 cm³/mol. The summed E-state index contributed by atoms with van der Waals surface area (Å²) in [6, 6.07) is 15.3. The molecule has 0 saturated carbocycles. The molecular weight excluding hydrogens is 298 g/mol. The van der Waals surface area contributed by atoms with Gasteiger partial charge in [-0.25, -0.2) is 0 Å². The summed E-state index contributed by atoms with van der Waals surface area (Å²) in [6.45, 7) is 1.29. The van der Waals surface area contributed by atoms with Gasteiger partial charge in [-0.3, -0.25) is 4.79 Å². The van der Waals surface area contributed by atoms with E-state index in [0.29, 0.717) is 24.7 Å². The van der Waals surface area contributed by atoms with E-state index < -0.39 is 0 Å². The zero-order chi connectivity index (χ0) is 15.2. The van der Waals surface area contributed by atoms with Crippen LogP contribution in [0.5, 0.6) is 11.5 Å². The minimum absolute atomic E-state index is 0.0386. The smallest absolute Gasteiger partial charge is 0.234 e. The van der Waals surface area contributed by atoms with Gasteiger partial charge in [0.2, 0.25) is 5.91 Å². The van der Waals surface area contributed by atoms with Crippen molar-refractivity contribution in [2.45, 2.75) is 11.3 Å². The number of hydrogen-bond donors (Lipinski definition) is 1. The van der Waals surface area contributed by atoms with Crippen LogP contribution in [0, 0.1) is 0 Å². The monoisotopic (exact) mass is 315 g/mol. The first-order chi connectivity index (χ1) is 10.8. The molecule has 1 aliphatic rings. The van der Waals surface area contributed by atoms with Crippen LogP contribution in [0.4, 0.5) is 5.69 Å². The summed E-state index contributed by atoms with van der Waals surface area (Å²) in [4.78, 5) is 13.1. The molecule has 0 atom stereocenters. The zero-order valence-electron chi connectivity index (χ0n) is 12.1. The molecule has 1 heterocycles. The molecule has 0 bridgehead atoms. The van der Waals surface area contributed by atoms with Gasteiger partial charge in [-0.15, -0.1) is 11.8 Å². The Hall–Kier alpha value is -2.14. The lowest BCUT2D eigenvalue weighted by molar-refractivity contribution is -0.113. The van der Waals surface area contributed by atoms with Gasteiger partial charge < -0.3 is 14.8 Å². The van der Waals surface area contributed by atoms with Crippen LogP contribution in [0.25, 0.3) is 0 Å². The second-order valence-corrected chi connectivity index (χ2v) is 5.91. The van der Waals surface area contributed by atoms with Gasteiger partial charge in [0.1, 0.15) is 0 Å². The number of hydrogen-bond acceptors (Lipinski definition) is 4. The summed E-state index contributed by atoms with van der Waals surface area (Å²) >= 11 is 1.51. The molecule has 0 spiro atoms. The summed E-state index contributed by atoms with van der Waals surface area (Å²) in [7, 11) is 0. The molecule has 1 amide bonds. The van der Waals surface area contributed by atoms with Crippen LogP contribution in [0.15, 0.2) is 53.4 Å². The van der Waals surface area contributed by atoms with Crippen LogP contribution in [-0.4, -0.2) is 24.9 Å². The fourth-order valence-corrected chi connectivity index (χ4v) is 2.82. The molecule has 0 saturated heterocycles. The highest BCUT2D eigenvalue weighted by Crippen LogP contribution is 2.32. The van der Waals surface area contributed by atoms with Crippen molar-refractivity contribution in [3.05, 3.63) is 48.5 Å². The van der Waals surface area contributed by atoms with E-state index in [1.54, 1.807) is 0 Å². The molecular formula is C17H17NO3S. The van der Waals surface area contributed by atoms with Crippen LogP contribution in [-0.2, 0) is 4.79 Å². The van der Waals surface area contributed by atoms with Crippen molar-refractivity contribution in [2.75, 3.05) is 24.3 Å². The van der Waals surface area contributed by atoms with Gasteiger partial charge in [-0.1, -0.05) is 18.2 Å². The summed E-state index contributed by atoms with van der Waals surface area (Å²) in [5.74, 6) is 1.75. The second kappa shape index (κ2) is 7.22. The van der Waals surface area contributed by atoms with Crippen molar-refractivity contribution in [3.8, 4) is 11.5 Å². The van der Waals surface area contributed by atoms with Crippen molar-refractivity contribution in [2.24, 2.45) is 0 Å². The van der Waals surface area contributed by atoms with Crippen LogP contribution in [0.3, 0.4) is 0 Å². The molecule has 0 fully saturated rings. The Morgan fingerprint density at radius 1 is 1.05 bits per heavy atom. The van der Waals surface area contributed by atoms with Crippen molar-refractivity contribution in [1.29, 1.82) is 0 Å². The summed E-state index contributed by atoms with van der Waals surface area (Å²) in [6.07, 6.45) is 0.865. The Kier molecular flexibility index (Phi) is 4.85. The highest BCUT2D eigenvalue weighted by Gasteiger charge is 2.12. The SMILES string of the molecule is O=C(CSc1ccccc1)Nc1ccc2c(c1)OCCCO2. The predicted octanol–water partition coefficient (Wildman–Crippen LogP) is 3.58. The molecule has 0 radical (unpaired) electrons. The topological polar surface area (TPSA) is 47.6 Å². The normalized spacial score (nSPS) is 13.3. The number of carbonyl (C=O) groups excluding carboxylic acids is 1. The molecule has 114 valence electrons. The van der Waals surface area contributed by atoms with E-state index in [1.807, 2.05) is 48.5 Å². The molecule has 2 aromatic rings. The van der Waals surface area contributed by atoms with Crippen molar-refractivity contribution >= 4 is 23.4 Å². The lowest BCUT2D eigenvalue weighted by Crippen LogP contribution is -2.14. The maximum absolute atomic E-state index is 12.0. The lowest BCUT2D eigenvalue weighted by Gasteiger charge is -2.10. The van der Waals surface area contributed by atoms with Crippen LogP contribution < -0.4 is 14.8 Å². The molecule has 2 aromatic carbocycles. The highest BCUT2D eigenvalue weighted by molar-refractivity contribution is 8.00. The fraction of sp³-hybridized carbons (Fsp3) is 0.235. The molecule has 1 N–H and O–H groups in total. The number of amides is 1. The van der Waals surface area contributed by atoms with Gasteiger partial charge in [-0.2, -0.15) is 0 Å². The average molecular weight is 315 g/mol. The van der Waals surface area contributed by atoms with Crippen molar-refractivity contribution in [1.82, 2.24) is 0 Å². The van der Waals surface area contributed by atoms with Gasteiger partial charge in [-0.05, 0) is 24.3 Å². The van der Waals surface area contributed by atoms with Gasteiger partial charge in [0, 0.05) is 23.1 Å². The standard InChI is InChI=1S/C17H17NO3S/c19-17(12-22-14-5-2-1-3-6-14)18-13-7-8-15-16(11-13)21-10-4-9-20-15/h1-3,5-8,11H,4,9-10,12H2,(H,18,19). The third kappa shape index (κ3) is 3.95. The lowest BCUT2D eigenvalue weighted by atomic mass is 10.2. The third-order valence-corrected chi connectivity index (χ3v) is 4.16. The first kappa shape index (κ1) is 14.8. The number of rotatable bonds is 4. The number of nitrogens with one attached hydrogen (secondary N) is 1. The average Bonchev–Trinajstić information content (AvgIpc) is 2.79. The molecule has 0 aliphatic carbocycles. The van der Waals surface area contributed by atoms with E-state index in [0.717, 1.165) is 22.8 Å². The van der Waals surface area contributed by atoms with E-state index in [9.17, 15) is 4.79 Å². The fourth-order valence-electron chi connectivity index (χ4n) is 2.10. The third-order valence-electron chi connectivity index (χ3n) is 3.14. The molecule has 4 nitrogen and oxygen atoms in total. The molecule has 3 rings (SSSR count). The van der Waals surface area contributed by atoms with E-state index in [-0.39, 0.29) is 5.91 Å². The van der Waals surface area contributed by atoms with Gasteiger partial charge >= 0.3 is 0 Å². The maximum Gasteiger partial charge on any atom is 0.234 e. The minimum atomic E-state index is -0.0386. The Morgan fingerprint density at radius 3 is 2.64 bits per heavy atom. The van der Waals surface area contributed by atoms with Crippen LogP contribution in [0.2, 0.25) is 0 Å². The largest absolute Gasteiger partial charge is 0.490 e. The molecule has 0 aromatic heterocycles. The van der Waals surface area contributed by atoms with E-state index in [1.165, 1.54) is 11.8 Å². The summed E-state index contributed by atoms with van der Waals surface area (Å²) < 4.78 is 11.2. The molecule has 1 aliphatic heterocycles. The van der Waals surface area contributed by atoms with Gasteiger partial charge in [0.25, 0.3) is 0 Å². The molecule has 5 heteroatoms. The van der Waals surface area contributed by atoms with Gasteiger partial charge in [0.15, 0.2) is 11.5 Å². The van der Waals surface area contributed by atoms with E-state index >= 15 is 0 Å². The maximum atomic E-state index is 12.0. The number of benzene rings is 2. The summed E-state index contributed by atoms with van der Waals surface area (Å²) in [5.41, 5.74) is 0.725. The van der Waals surface area contributed by atoms with E-state index in [4.69, 9.17) is 9.47 Å². The van der Waals surface area contributed by atoms with Crippen LogP contribution >= 0.6 is 11.8 Å². The first-order valence-corrected chi connectivity index (χ1v) is 8.17. The first-order valence-electron chi connectivity index (χ1n) is 7.18. The number of thioether (sulfide) groups is 1. The Bertz CT molecular complexity index is 646. The van der Waals surface area contributed by atoms with Crippen molar-refractivity contribution in [3.63, 3.8) is 0 Å². The number of anilines is 1. The number of ether oxygens (including phenoxy) is 2. The molecule has 22 heavy (non-hydrogen) atoms. The quantitative estimate of drug-likeness (QED) is 0.876. The Balaban J connectivity index is 1.58. The zero-order valence-corrected chi connectivity index (χ0v) is 12.9. The van der Waals surface area contributed by atoms with E-state index in [2.05, 4.69) is 5.32 Å². The Morgan fingerprint density at radius 2 is 1.82 bits per heavy atom. The van der Waals surface area contributed by atoms with Gasteiger partial charge in [0.05, 0.1) is 19.0 Å². The minimum Gasteiger partial charge on any atom is -0.490 e. The highest BCUT2D eigenvalue weighted by atomic mass is 32.2. The Labute approximate surface area is 133 Å². The second-order valence-electron chi connectivity index (χ2n) is 4.86. The van der Waals surface area contributed by atoms with Crippen molar-refractivity contribution < 1.29 is 14.3 Å². The number of fused-ring (bicyclic) bond motifs is 1. The molecule has 0 unspecified atom stereocenters. The van der Waals surface area contributed by atoms with Crippen LogP contribution in [0.1, 0.15) is 6.42 Å². The summed E-state index contributed by atoms with van der Waals surface area (Å²) in [5, 5.41) is 2.89. The number of carbonyl (C=O) groups is 1.